The van der Waals surface area contributed by atoms with Crippen molar-refractivity contribution in [2.24, 2.45) is 5.92 Å². The van der Waals surface area contributed by atoms with E-state index >= 15 is 0 Å². The molecule has 0 unspecified atom stereocenters. The Labute approximate surface area is 133 Å². The van der Waals surface area contributed by atoms with Gasteiger partial charge in [0, 0.05) is 30.7 Å². The van der Waals surface area contributed by atoms with Gasteiger partial charge in [0.2, 0.25) is 11.9 Å². The fourth-order valence-corrected chi connectivity index (χ4v) is 3.58. The van der Waals surface area contributed by atoms with E-state index < -0.39 is 11.3 Å². The summed E-state index contributed by atoms with van der Waals surface area (Å²) in [7, 11) is 0. The Morgan fingerprint density at radius 3 is 3.00 bits per heavy atom. The third kappa shape index (κ3) is 1.83. The number of carbonyl (C=O) groups excluding carboxylic acids is 1. The van der Waals surface area contributed by atoms with E-state index in [1.807, 2.05) is 42.2 Å². The molecule has 0 bridgehead atoms. The Morgan fingerprint density at radius 1 is 1.39 bits per heavy atom. The normalized spacial score (nSPS) is 25.3. The highest BCUT2D eigenvalue weighted by Gasteiger charge is 2.58. The van der Waals surface area contributed by atoms with E-state index in [4.69, 9.17) is 0 Å². The number of aryl methyl sites for hydroxylation is 1. The van der Waals surface area contributed by atoms with Crippen LogP contribution in [0.25, 0.3) is 0 Å². The highest BCUT2D eigenvalue weighted by atomic mass is 16.2. The first-order chi connectivity index (χ1) is 11.1. The summed E-state index contributed by atoms with van der Waals surface area (Å²) in [4.78, 5) is 23.4. The minimum Gasteiger partial charge on any atom is -0.338 e. The van der Waals surface area contributed by atoms with Crippen LogP contribution < -0.4 is 10.2 Å². The number of aromatic nitrogens is 2. The maximum atomic E-state index is 12.7. The summed E-state index contributed by atoms with van der Waals surface area (Å²) in [6.07, 6.45) is 1.70. The molecular formula is C17H15N5O. The topological polar surface area (TPSA) is 81.9 Å². The Kier molecular flexibility index (Phi) is 2.85. The molecule has 1 N–H and O–H groups in total. The van der Waals surface area contributed by atoms with Crippen molar-refractivity contribution < 1.29 is 4.79 Å². The fourth-order valence-electron chi connectivity index (χ4n) is 3.58. The lowest BCUT2D eigenvalue weighted by atomic mass is 9.74. The molecule has 0 radical (unpaired) electrons. The summed E-state index contributed by atoms with van der Waals surface area (Å²) in [6, 6.07) is 11.7. The summed E-state index contributed by atoms with van der Waals surface area (Å²) in [5.41, 5.74) is 1.70. The zero-order valence-electron chi connectivity index (χ0n) is 12.7. The molecule has 1 spiro atoms. The van der Waals surface area contributed by atoms with Crippen LogP contribution in [-0.2, 0) is 10.2 Å². The second-order valence-electron chi connectivity index (χ2n) is 6.03. The molecule has 2 aromatic rings. The van der Waals surface area contributed by atoms with Gasteiger partial charge in [-0.25, -0.2) is 9.97 Å². The van der Waals surface area contributed by atoms with Gasteiger partial charge in [-0.05, 0) is 24.6 Å². The first kappa shape index (κ1) is 13.7. The van der Waals surface area contributed by atoms with Crippen molar-refractivity contribution in [3.63, 3.8) is 0 Å². The number of carbonyl (C=O) groups is 1. The zero-order valence-corrected chi connectivity index (χ0v) is 12.7. The Balaban J connectivity index is 1.81. The second-order valence-corrected chi connectivity index (χ2v) is 6.03. The molecular weight excluding hydrogens is 290 g/mol. The van der Waals surface area contributed by atoms with Gasteiger partial charge < -0.3 is 10.2 Å². The zero-order chi connectivity index (χ0) is 16.0. The molecule has 0 saturated carbocycles. The van der Waals surface area contributed by atoms with Crippen molar-refractivity contribution >= 4 is 17.5 Å². The number of hydrogen-bond donors (Lipinski definition) is 1. The quantitative estimate of drug-likeness (QED) is 0.866. The minimum atomic E-state index is -0.849. The molecule has 2 aliphatic rings. The summed E-state index contributed by atoms with van der Waals surface area (Å²) >= 11 is 0. The number of anilines is 2. The molecule has 1 aromatic heterocycles. The average molecular weight is 305 g/mol. The number of fused-ring (bicyclic) bond motifs is 2. The third-order valence-corrected chi connectivity index (χ3v) is 4.72. The van der Waals surface area contributed by atoms with Crippen LogP contribution in [0.1, 0.15) is 11.3 Å². The van der Waals surface area contributed by atoms with Gasteiger partial charge in [0.15, 0.2) is 0 Å². The van der Waals surface area contributed by atoms with E-state index in [1.54, 1.807) is 6.20 Å². The van der Waals surface area contributed by atoms with Crippen LogP contribution in [0.2, 0.25) is 0 Å². The maximum Gasteiger partial charge on any atom is 0.238 e. The van der Waals surface area contributed by atoms with Crippen LogP contribution in [0.3, 0.4) is 0 Å². The predicted molar refractivity (Wildman–Crippen MR) is 84.8 cm³/mol. The lowest BCUT2D eigenvalue weighted by molar-refractivity contribution is -0.120. The standard InChI is InChI=1S/C17H15N5O/c1-11-6-7-19-16(20-11)22-9-12(8-18)17(10-22)13-4-2-3-5-14(13)21-15(17)23/h2-7,12H,9-10H2,1H3,(H,21,23)/t12-,17+/m1/s1. The molecule has 2 atom stereocenters. The summed E-state index contributed by atoms with van der Waals surface area (Å²) in [6.45, 7) is 2.76. The van der Waals surface area contributed by atoms with E-state index in [0.717, 1.165) is 16.9 Å². The minimum absolute atomic E-state index is 0.111. The van der Waals surface area contributed by atoms with Gasteiger partial charge >= 0.3 is 0 Å². The van der Waals surface area contributed by atoms with E-state index in [1.165, 1.54) is 0 Å². The van der Waals surface area contributed by atoms with Crippen molar-refractivity contribution in [3.05, 3.63) is 47.8 Å². The van der Waals surface area contributed by atoms with Gasteiger partial charge in [-0.2, -0.15) is 5.26 Å². The van der Waals surface area contributed by atoms with Crippen molar-refractivity contribution in [3.8, 4) is 6.07 Å². The Morgan fingerprint density at radius 2 is 2.22 bits per heavy atom. The third-order valence-electron chi connectivity index (χ3n) is 4.72. The molecule has 1 fully saturated rings. The summed E-state index contributed by atoms with van der Waals surface area (Å²) in [5, 5.41) is 12.6. The van der Waals surface area contributed by atoms with Gasteiger partial charge in [0.25, 0.3) is 0 Å². The number of hydrogen-bond acceptors (Lipinski definition) is 5. The molecule has 6 heteroatoms. The number of amides is 1. The SMILES string of the molecule is Cc1ccnc(N2C[C@@H](C#N)[C@]3(C2)C(=O)Nc2ccccc23)n1. The van der Waals surface area contributed by atoms with Crippen LogP contribution in [-0.4, -0.2) is 29.0 Å². The number of nitriles is 1. The van der Waals surface area contributed by atoms with E-state index in [-0.39, 0.29) is 5.91 Å². The number of para-hydroxylation sites is 1. The molecule has 23 heavy (non-hydrogen) atoms. The van der Waals surface area contributed by atoms with Gasteiger partial charge in [-0.3, -0.25) is 4.79 Å². The van der Waals surface area contributed by atoms with Gasteiger partial charge in [0.1, 0.15) is 5.41 Å². The number of nitrogens with zero attached hydrogens (tertiary/aromatic N) is 4. The van der Waals surface area contributed by atoms with E-state index in [9.17, 15) is 10.1 Å². The van der Waals surface area contributed by atoms with Crippen molar-refractivity contribution in [2.45, 2.75) is 12.3 Å². The monoisotopic (exact) mass is 305 g/mol. The largest absolute Gasteiger partial charge is 0.338 e. The Hall–Kier alpha value is -2.94. The molecule has 1 aromatic carbocycles. The van der Waals surface area contributed by atoms with Crippen molar-refractivity contribution in [2.75, 3.05) is 23.3 Å². The highest BCUT2D eigenvalue weighted by Crippen LogP contribution is 2.47. The molecule has 0 aliphatic carbocycles. The van der Waals surface area contributed by atoms with Gasteiger partial charge in [0.05, 0.1) is 12.0 Å². The molecule has 3 heterocycles. The fraction of sp³-hybridized carbons (Fsp3) is 0.294. The number of benzene rings is 1. The van der Waals surface area contributed by atoms with Crippen LogP contribution in [0, 0.1) is 24.2 Å². The van der Waals surface area contributed by atoms with Crippen LogP contribution >= 0.6 is 0 Å². The summed E-state index contributed by atoms with van der Waals surface area (Å²) < 4.78 is 0. The number of nitrogens with one attached hydrogen (secondary N) is 1. The lowest BCUT2D eigenvalue weighted by Crippen LogP contribution is -2.42. The molecule has 1 saturated heterocycles. The molecule has 2 aliphatic heterocycles. The smallest absolute Gasteiger partial charge is 0.238 e. The first-order valence-electron chi connectivity index (χ1n) is 7.50. The van der Waals surface area contributed by atoms with Crippen molar-refractivity contribution in [1.82, 2.24) is 9.97 Å². The lowest BCUT2D eigenvalue weighted by Gasteiger charge is -2.24. The summed E-state index contributed by atoms with van der Waals surface area (Å²) in [5.74, 6) is 0.0231. The first-order valence-corrected chi connectivity index (χ1v) is 7.50. The molecule has 1 amide bonds. The molecule has 6 nitrogen and oxygen atoms in total. The van der Waals surface area contributed by atoms with E-state index in [2.05, 4.69) is 21.4 Å². The predicted octanol–water partition coefficient (Wildman–Crippen LogP) is 1.63. The van der Waals surface area contributed by atoms with Gasteiger partial charge in [-0.15, -0.1) is 0 Å². The van der Waals surface area contributed by atoms with E-state index in [0.29, 0.717) is 19.0 Å². The average Bonchev–Trinajstić information content (AvgIpc) is 3.08. The Bertz CT molecular complexity index is 843. The van der Waals surface area contributed by atoms with Crippen LogP contribution in [0.15, 0.2) is 36.5 Å². The molecule has 4 rings (SSSR count). The van der Waals surface area contributed by atoms with Crippen LogP contribution in [0.4, 0.5) is 11.6 Å². The van der Waals surface area contributed by atoms with Gasteiger partial charge in [-0.1, -0.05) is 18.2 Å². The maximum absolute atomic E-state index is 12.7. The molecule has 114 valence electrons. The number of rotatable bonds is 1. The van der Waals surface area contributed by atoms with Crippen molar-refractivity contribution in [1.29, 1.82) is 5.26 Å². The second kappa shape index (κ2) is 4.78. The van der Waals surface area contributed by atoms with Crippen LogP contribution in [0.5, 0.6) is 0 Å². The highest BCUT2D eigenvalue weighted by molar-refractivity contribution is 6.07.